The van der Waals surface area contributed by atoms with Crippen molar-refractivity contribution < 1.29 is 4.42 Å². The second kappa shape index (κ2) is 4.28. The maximum Gasteiger partial charge on any atom is 0.154 e. The molecule has 2 aromatic rings. The fraction of sp³-hybridized carbons (Fsp3) is 0.462. The molecule has 0 amide bonds. The van der Waals surface area contributed by atoms with Crippen LogP contribution in [0.15, 0.2) is 22.8 Å². The lowest BCUT2D eigenvalue weighted by Gasteiger charge is -2.06. The van der Waals surface area contributed by atoms with Gasteiger partial charge in [-0.2, -0.15) is 5.10 Å². The van der Waals surface area contributed by atoms with E-state index in [1.165, 1.54) is 24.2 Å². The molecule has 0 aliphatic carbocycles. The highest BCUT2D eigenvalue weighted by Gasteiger charge is 2.21. The molecule has 0 atom stereocenters. The Bertz CT molecular complexity index is 499. The first kappa shape index (κ1) is 10.4. The average Bonchev–Trinajstić information content (AvgIpc) is 2.91. The quantitative estimate of drug-likeness (QED) is 0.864. The van der Waals surface area contributed by atoms with Crippen molar-refractivity contribution >= 4 is 5.82 Å². The van der Waals surface area contributed by atoms with E-state index < -0.39 is 0 Å². The number of aromatic nitrogens is 2. The molecule has 0 bridgehead atoms. The van der Waals surface area contributed by atoms with Crippen LogP contribution >= 0.6 is 0 Å². The van der Waals surface area contributed by atoms with Crippen molar-refractivity contribution in [2.24, 2.45) is 0 Å². The third-order valence-electron chi connectivity index (χ3n) is 3.25. The zero-order valence-electron chi connectivity index (χ0n) is 10.1. The molecular formula is C13H17N3O. The van der Waals surface area contributed by atoms with Gasteiger partial charge in [-0.15, -0.1) is 0 Å². The van der Waals surface area contributed by atoms with E-state index in [0.717, 1.165) is 31.0 Å². The molecule has 0 fully saturated rings. The largest absolute Gasteiger partial charge is 0.463 e. The average molecular weight is 231 g/mol. The monoisotopic (exact) mass is 231 g/mol. The Morgan fingerprint density at radius 3 is 3.18 bits per heavy atom. The number of aryl methyl sites for hydroxylation is 1. The maximum absolute atomic E-state index is 5.48. The van der Waals surface area contributed by atoms with Gasteiger partial charge in [0, 0.05) is 18.7 Å². The van der Waals surface area contributed by atoms with E-state index in [2.05, 4.69) is 17.3 Å². The number of hydrogen-bond acceptors (Lipinski definition) is 3. The summed E-state index contributed by atoms with van der Waals surface area (Å²) in [5.41, 5.74) is 2.31. The van der Waals surface area contributed by atoms with E-state index >= 15 is 0 Å². The van der Waals surface area contributed by atoms with Crippen molar-refractivity contribution in [3.8, 4) is 11.5 Å². The van der Waals surface area contributed by atoms with E-state index in [9.17, 15) is 0 Å². The van der Waals surface area contributed by atoms with Crippen LogP contribution in [0.25, 0.3) is 11.5 Å². The third kappa shape index (κ3) is 1.73. The van der Waals surface area contributed by atoms with E-state index in [1.807, 2.05) is 16.8 Å². The van der Waals surface area contributed by atoms with Gasteiger partial charge in [0.05, 0.1) is 6.26 Å². The van der Waals surface area contributed by atoms with Crippen LogP contribution < -0.4 is 5.32 Å². The third-order valence-corrected chi connectivity index (χ3v) is 3.25. The van der Waals surface area contributed by atoms with Crippen LogP contribution in [0.4, 0.5) is 5.82 Å². The number of nitrogens with one attached hydrogen (secondary N) is 1. The van der Waals surface area contributed by atoms with Gasteiger partial charge >= 0.3 is 0 Å². The van der Waals surface area contributed by atoms with E-state index in [4.69, 9.17) is 4.42 Å². The Balaban J connectivity index is 2.12. The predicted octanol–water partition coefficient (Wildman–Crippen LogP) is 2.91. The van der Waals surface area contributed by atoms with Crippen LogP contribution in [0, 0.1) is 0 Å². The molecule has 0 saturated heterocycles. The summed E-state index contributed by atoms with van der Waals surface area (Å²) < 4.78 is 7.52. The summed E-state index contributed by atoms with van der Waals surface area (Å²) in [5.74, 6) is 2.05. The Kier molecular flexibility index (Phi) is 2.63. The highest BCUT2D eigenvalue weighted by atomic mass is 16.3. The Morgan fingerprint density at radius 2 is 2.41 bits per heavy atom. The predicted molar refractivity (Wildman–Crippen MR) is 67.0 cm³/mol. The molecule has 90 valence electrons. The van der Waals surface area contributed by atoms with Crippen molar-refractivity contribution in [2.75, 3.05) is 11.9 Å². The minimum absolute atomic E-state index is 0.872. The van der Waals surface area contributed by atoms with Crippen LogP contribution in [0.1, 0.15) is 25.3 Å². The Hall–Kier alpha value is -1.71. The normalized spacial score (nSPS) is 15.1. The minimum Gasteiger partial charge on any atom is -0.463 e. The summed E-state index contributed by atoms with van der Waals surface area (Å²) in [5, 5.41) is 8.14. The molecule has 3 heterocycles. The van der Waals surface area contributed by atoms with Crippen LogP contribution in [-0.2, 0) is 13.0 Å². The van der Waals surface area contributed by atoms with Crippen molar-refractivity contribution in [3.63, 3.8) is 0 Å². The van der Waals surface area contributed by atoms with E-state index in [1.54, 1.807) is 6.26 Å². The Labute approximate surface area is 101 Å². The van der Waals surface area contributed by atoms with Gasteiger partial charge in [-0.3, -0.25) is 0 Å². The van der Waals surface area contributed by atoms with Crippen LogP contribution in [0.2, 0.25) is 0 Å². The van der Waals surface area contributed by atoms with Gasteiger partial charge in [-0.25, -0.2) is 4.68 Å². The summed E-state index contributed by atoms with van der Waals surface area (Å²) in [6.07, 6.45) is 5.22. The topological polar surface area (TPSA) is 43.0 Å². The highest BCUT2D eigenvalue weighted by Crippen LogP contribution is 2.32. The van der Waals surface area contributed by atoms with Gasteiger partial charge in [0.25, 0.3) is 0 Å². The molecule has 3 rings (SSSR count). The number of furan rings is 1. The second-order valence-electron chi connectivity index (χ2n) is 4.35. The fourth-order valence-corrected chi connectivity index (χ4v) is 2.41. The fourth-order valence-electron chi connectivity index (χ4n) is 2.41. The molecule has 1 aliphatic heterocycles. The molecule has 1 aliphatic rings. The minimum atomic E-state index is 0.872. The summed E-state index contributed by atoms with van der Waals surface area (Å²) >= 11 is 0. The lowest BCUT2D eigenvalue weighted by molar-refractivity contribution is 0.574. The van der Waals surface area contributed by atoms with E-state index in [0.29, 0.717) is 0 Å². The van der Waals surface area contributed by atoms with Crippen molar-refractivity contribution in [2.45, 2.75) is 32.7 Å². The SMILES string of the molecule is CCn1nc(-c2ccco2)c2c1NCCCC2. The van der Waals surface area contributed by atoms with Gasteiger partial charge < -0.3 is 9.73 Å². The zero-order valence-corrected chi connectivity index (χ0v) is 10.1. The molecular weight excluding hydrogens is 214 g/mol. The van der Waals surface area contributed by atoms with Gasteiger partial charge in [0.2, 0.25) is 0 Å². The highest BCUT2D eigenvalue weighted by molar-refractivity contribution is 5.66. The van der Waals surface area contributed by atoms with Crippen molar-refractivity contribution in [3.05, 3.63) is 24.0 Å². The molecule has 17 heavy (non-hydrogen) atoms. The standard InChI is InChI=1S/C13H17N3O/c1-2-16-13-10(6-3-4-8-14-13)12(15-16)11-7-5-9-17-11/h5,7,9,14H,2-4,6,8H2,1H3. The summed E-state index contributed by atoms with van der Waals surface area (Å²) in [4.78, 5) is 0. The molecule has 4 nitrogen and oxygen atoms in total. The number of hydrogen-bond donors (Lipinski definition) is 1. The summed E-state index contributed by atoms with van der Waals surface area (Å²) in [7, 11) is 0. The van der Waals surface area contributed by atoms with Crippen LogP contribution in [-0.4, -0.2) is 16.3 Å². The van der Waals surface area contributed by atoms with Gasteiger partial charge in [-0.05, 0) is 38.3 Å². The van der Waals surface area contributed by atoms with Crippen molar-refractivity contribution in [1.82, 2.24) is 9.78 Å². The van der Waals surface area contributed by atoms with Gasteiger partial charge in [0.15, 0.2) is 5.76 Å². The Morgan fingerprint density at radius 1 is 1.47 bits per heavy atom. The molecule has 0 aromatic carbocycles. The lowest BCUT2D eigenvalue weighted by atomic mass is 10.1. The molecule has 0 unspecified atom stereocenters. The van der Waals surface area contributed by atoms with Crippen LogP contribution in [0.3, 0.4) is 0 Å². The number of rotatable bonds is 2. The van der Waals surface area contributed by atoms with Crippen molar-refractivity contribution in [1.29, 1.82) is 0 Å². The zero-order chi connectivity index (χ0) is 11.7. The first-order valence-electron chi connectivity index (χ1n) is 6.27. The summed E-state index contributed by atoms with van der Waals surface area (Å²) in [6.45, 7) is 4.04. The van der Waals surface area contributed by atoms with E-state index in [-0.39, 0.29) is 0 Å². The number of nitrogens with zero attached hydrogens (tertiary/aromatic N) is 2. The molecule has 1 N–H and O–H groups in total. The first-order valence-corrected chi connectivity index (χ1v) is 6.27. The van der Waals surface area contributed by atoms with Crippen LogP contribution in [0.5, 0.6) is 0 Å². The van der Waals surface area contributed by atoms with Gasteiger partial charge in [0.1, 0.15) is 11.5 Å². The molecule has 0 radical (unpaired) electrons. The second-order valence-corrected chi connectivity index (χ2v) is 4.35. The smallest absolute Gasteiger partial charge is 0.154 e. The lowest BCUT2D eigenvalue weighted by Crippen LogP contribution is -2.07. The number of fused-ring (bicyclic) bond motifs is 1. The summed E-state index contributed by atoms with van der Waals surface area (Å²) in [6, 6.07) is 3.89. The molecule has 4 heteroatoms. The first-order chi connectivity index (χ1) is 8.40. The maximum atomic E-state index is 5.48. The van der Waals surface area contributed by atoms with Gasteiger partial charge in [-0.1, -0.05) is 0 Å². The molecule has 0 spiro atoms. The molecule has 0 saturated carbocycles. The number of anilines is 1. The molecule has 2 aromatic heterocycles.